The Kier molecular flexibility index (Phi) is 8.15. The van der Waals surface area contributed by atoms with Crippen LogP contribution in [0.4, 0.5) is 13.2 Å². The molecule has 9 heteroatoms. The van der Waals surface area contributed by atoms with Crippen molar-refractivity contribution in [2.45, 2.75) is 51.1 Å². The molecule has 1 heterocycles. The fourth-order valence-electron chi connectivity index (χ4n) is 4.35. The molecule has 3 amide bonds. The van der Waals surface area contributed by atoms with E-state index in [1.165, 1.54) is 18.6 Å². The molecule has 1 aliphatic carbocycles. The number of halogens is 3. The summed E-state index contributed by atoms with van der Waals surface area (Å²) in [6.45, 7) is 1.50. The molecule has 32 heavy (non-hydrogen) atoms. The third kappa shape index (κ3) is 6.46. The third-order valence-corrected chi connectivity index (χ3v) is 6.31. The maximum atomic E-state index is 12.7. The van der Waals surface area contributed by atoms with E-state index in [4.69, 9.17) is 0 Å². The van der Waals surface area contributed by atoms with Crippen LogP contribution in [0, 0.1) is 11.8 Å². The number of carbonyl (C=O) groups is 3. The first kappa shape index (κ1) is 24.1. The summed E-state index contributed by atoms with van der Waals surface area (Å²) >= 11 is 0. The van der Waals surface area contributed by atoms with Gasteiger partial charge in [-0.2, -0.15) is 13.2 Å². The lowest BCUT2D eigenvalue weighted by Crippen LogP contribution is -2.44. The van der Waals surface area contributed by atoms with E-state index in [0.29, 0.717) is 39.0 Å². The Morgan fingerprint density at radius 1 is 0.812 bits per heavy atom. The Bertz CT molecular complexity index is 797. The van der Waals surface area contributed by atoms with Gasteiger partial charge in [0.15, 0.2) is 0 Å². The summed E-state index contributed by atoms with van der Waals surface area (Å²) in [5.74, 6) is -0.498. The molecule has 1 aromatic rings. The highest BCUT2D eigenvalue weighted by molar-refractivity contribution is 5.94. The molecule has 0 aromatic heterocycles. The van der Waals surface area contributed by atoms with Crippen molar-refractivity contribution in [2.75, 3.05) is 26.2 Å². The average Bonchev–Trinajstić information content (AvgIpc) is 2.81. The first-order valence-electron chi connectivity index (χ1n) is 11.3. The normalized spacial score (nSPS) is 18.3. The van der Waals surface area contributed by atoms with Crippen molar-refractivity contribution in [3.63, 3.8) is 0 Å². The number of carbonyl (C=O) groups excluding carboxylic acids is 3. The lowest BCUT2D eigenvalue weighted by molar-refractivity contribution is -0.137. The molecule has 0 bridgehead atoms. The smallest absolute Gasteiger partial charge is 0.354 e. The summed E-state index contributed by atoms with van der Waals surface area (Å²) in [4.78, 5) is 38.6. The standard InChI is InChI=1S/C23H30F3N3O3/c24-23(25,26)19-8-6-18(7-9-19)22(32)29-14-10-17(11-15-29)21(31)28-13-12-27-20(30)16-4-2-1-3-5-16/h6-9,16-17H,1-5,10-15H2,(H,27,30)(H,28,31). The second kappa shape index (κ2) is 10.8. The van der Waals surface area contributed by atoms with Crippen LogP contribution in [0.3, 0.4) is 0 Å². The second-order valence-electron chi connectivity index (χ2n) is 8.56. The van der Waals surface area contributed by atoms with Crippen molar-refractivity contribution in [2.24, 2.45) is 11.8 Å². The molecule has 2 fully saturated rings. The van der Waals surface area contributed by atoms with Gasteiger partial charge in [-0.05, 0) is 49.9 Å². The van der Waals surface area contributed by atoms with Crippen LogP contribution >= 0.6 is 0 Å². The highest BCUT2D eigenvalue weighted by Gasteiger charge is 2.31. The number of alkyl halides is 3. The Hall–Kier alpha value is -2.58. The summed E-state index contributed by atoms with van der Waals surface area (Å²) in [7, 11) is 0. The van der Waals surface area contributed by atoms with Gasteiger partial charge in [0, 0.05) is 43.6 Å². The number of hydrogen-bond donors (Lipinski definition) is 2. The van der Waals surface area contributed by atoms with E-state index in [9.17, 15) is 27.6 Å². The number of benzene rings is 1. The highest BCUT2D eigenvalue weighted by Crippen LogP contribution is 2.29. The zero-order valence-corrected chi connectivity index (χ0v) is 18.0. The van der Waals surface area contributed by atoms with Crippen molar-refractivity contribution in [3.05, 3.63) is 35.4 Å². The number of nitrogens with zero attached hydrogens (tertiary/aromatic N) is 1. The lowest BCUT2D eigenvalue weighted by Gasteiger charge is -2.31. The molecule has 1 aromatic carbocycles. The summed E-state index contributed by atoms with van der Waals surface area (Å²) in [6.07, 6.45) is 1.79. The molecule has 1 saturated heterocycles. The lowest BCUT2D eigenvalue weighted by atomic mass is 9.89. The van der Waals surface area contributed by atoms with Crippen LogP contribution in [0.2, 0.25) is 0 Å². The predicted molar refractivity (Wildman–Crippen MR) is 113 cm³/mol. The second-order valence-corrected chi connectivity index (χ2v) is 8.56. The largest absolute Gasteiger partial charge is 0.416 e. The predicted octanol–water partition coefficient (Wildman–Crippen LogP) is 3.37. The van der Waals surface area contributed by atoms with E-state index in [1.807, 2.05) is 0 Å². The maximum Gasteiger partial charge on any atom is 0.416 e. The fourth-order valence-corrected chi connectivity index (χ4v) is 4.35. The maximum absolute atomic E-state index is 12.7. The van der Waals surface area contributed by atoms with Crippen molar-refractivity contribution in [3.8, 4) is 0 Å². The Morgan fingerprint density at radius 3 is 1.81 bits per heavy atom. The first-order valence-corrected chi connectivity index (χ1v) is 11.3. The number of piperidine rings is 1. The van der Waals surface area contributed by atoms with Gasteiger partial charge in [-0.3, -0.25) is 14.4 Å². The average molecular weight is 454 g/mol. The molecule has 0 unspecified atom stereocenters. The van der Waals surface area contributed by atoms with E-state index in [1.54, 1.807) is 4.90 Å². The van der Waals surface area contributed by atoms with E-state index in [-0.39, 0.29) is 35.1 Å². The Balaban J connectivity index is 1.36. The number of amides is 3. The quantitative estimate of drug-likeness (QED) is 0.649. The molecule has 1 saturated carbocycles. The van der Waals surface area contributed by atoms with Crippen LogP contribution in [-0.4, -0.2) is 48.8 Å². The van der Waals surface area contributed by atoms with E-state index in [0.717, 1.165) is 37.8 Å². The fraction of sp³-hybridized carbons (Fsp3) is 0.609. The summed E-state index contributed by atoms with van der Waals surface area (Å²) < 4.78 is 38.0. The van der Waals surface area contributed by atoms with Gasteiger partial charge in [-0.1, -0.05) is 19.3 Å². The molecular formula is C23H30F3N3O3. The van der Waals surface area contributed by atoms with E-state index >= 15 is 0 Å². The number of hydrogen-bond acceptors (Lipinski definition) is 3. The van der Waals surface area contributed by atoms with Gasteiger partial charge in [-0.15, -0.1) is 0 Å². The molecule has 0 atom stereocenters. The summed E-state index contributed by atoms with van der Waals surface area (Å²) in [6, 6.07) is 4.18. The van der Waals surface area contributed by atoms with Gasteiger partial charge in [0.25, 0.3) is 5.91 Å². The van der Waals surface area contributed by atoms with Gasteiger partial charge in [-0.25, -0.2) is 0 Å². The highest BCUT2D eigenvalue weighted by atomic mass is 19.4. The van der Waals surface area contributed by atoms with Gasteiger partial charge in [0.1, 0.15) is 0 Å². The van der Waals surface area contributed by atoms with Gasteiger partial charge in [0.05, 0.1) is 5.56 Å². The Labute approximate surface area is 185 Å². The topological polar surface area (TPSA) is 78.5 Å². The van der Waals surface area contributed by atoms with Crippen LogP contribution in [0.25, 0.3) is 0 Å². The van der Waals surface area contributed by atoms with Gasteiger partial charge >= 0.3 is 6.18 Å². The molecule has 0 spiro atoms. The SMILES string of the molecule is O=C(NCCNC(=O)C1CCN(C(=O)c2ccc(C(F)(F)F)cc2)CC1)C1CCCCC1. The number of likely N-dealkylation sites (tertiary alicyclic amines) is 1. The number of rotatable bonds is 6. The number of nitrogens with one attached hydrogen (secondary N) is 2. The van der Waals surface area contributed by atoms with E-state index in [2.05, 4.69) is 10.6 Å². The van der Waals surface area contributed by atoms with Crippen LogP contribution in [0.5, 0.6) is 0 Å². The monoisotopic (exact) mass is 453 g/mol. The zero-order valence-electron chi connectivity index (χ0n) is 18.0. The molecule has 3 rings (SSSR count). The van der Waals surface area contributed by atoms with Crippen molar-refractivity contribution >= 4 is 17.7 Å². The van der Waals surface area contributed by atoms with E-state index < -0.39 is 11.7 Å². The third-order valence-electron chi connectivity index (χ3n) is 6.31. The van der Waals surface area contributed by atoms with Gasteiger partial charge < -0.3 is 15.5 Å². The molecule has 2 aliphatic rings. The Morgan fingerprint density at radius 2 is 1.31 bits per heavy atom. The molecule has 6 nitrogen and oxygen atoms in total. The molecule has 176 valence electrons. The summed E-state index contributed by atoms with van der Waals surface area (Å²) in [5.41, 5.74) is -0.589. The summed E-state index contributed by atoms with van der Waals surface area (Å²) in [5, 5.41) is 5.73. The van der Waals surface area contributed by atoms with Crippen LogP contribution in [0.15, 0.2) is 24.3 Å². The van der Waals surface area contributed by atoms with Crippen molar-refractivity contribution in [1.82, 2.24) is 15.5 Å². The molecular weight excluding hydrogens is 423 g/mol. The minimum Gasteiger partial charge on any atom is -0.354 e. The molecule has 0 radical (unpaired) electrons. The zero-order chi connectivity index (χ0) is 23.1. The van der Waals surface area contributed by atoms with Crippen molar-refractivity contribution in [1.29, 1.82) is 0 Å². The van der Waals surface area contributed by atoms with Crippen LogP contribution < -0.4 is 10.6 Å². The van der Waals surface area contributed by atoms with Crippen LogP contribution in [-0.2, 0) is 15.8 Å². The first-order chi connectivity index (χ1) is 15.3. The minimum atomic E-state index is -4.44. The van der Waals surface area contributed by atoms with Crippen LogP contribution in [0.1, 0.15) is 60.9 Å². The molecule has 2 N–H and O–H groups in total. The van der Waals surface area contributed by atoms with Gasteiger partial charge in [0.2, 0.25) is 11.8 Å². The van der Waals surface area contributed by atoms with Crippen molar-refractivity contribution < 1.29 is 27.6 Å². The minimum absolute atomic E-state index is 0.0639. The molecule has 1 aliphatic heterocycles.